The van der Waals surface area contributed by atoms with Crippen molar-refractivity contribution in [1.29, 1.82) is 0 Å². The van der Waals surface area contributed by atoms with Crippen molar-refractivity contribution in [2.24, 2.45) is 5.10 Å². The average Bonchev–Trinajstić information content (AvgIpc) is 3.49. The predicted octanol–water partition coefficient (Wildman–Crippen LogP) is 7.09. The Morgan fingerprint density at radius 3 is 2.44 bits per heavy atom. The highest BCUT2D eigenvalue weighted by atomic mass is 32.1. The summed E-state index contributed by atoms with van der Waals surface area (Å²) in [7, 11) is 0. The lowest BCUT2D eigenvalue weighted by Gasteiger charge is -2.07. The Bertz CT molecular complexity index is 1700. The Morgan fingerprint density at radius 2 is 1.64 bits per heavy atom. The zero-order valence-electron chi connectivity index (χ0n) is 18.9. The molecule has 176 valence electrons. The van der Waals surface area contributed by atoms with E-state index in [9.17, 15) is 8.78 Å². The topological polar surface area (TPSA) is 55.1 Å². The molecular weight excluding hydrogens is 476 g/mol. The molecule has 1 N–H and O–H groups in total. The molecule has 3 heterocycles. The van der Waals surface area contributed by atoms with Gasteiger partial charge in [-0.3, -0.25) is 10.4 Å². The van der Waals surface area contributed by atoms with Crippen LogP contribution < -0.4 is 5.43 Å². The lowest BCUT2D eigenvalue weighted by atomic mass is 10.2. The number of nitrogens with zero attached hydrogens (tertiary/aromatic N) is 4. The molecule has 5 nitrogen and oxygen atoms in total. The Balaban J connectivity index is 1.26. The quantitative estimate of drug-likeness (QED) is 0.198. The van der Waals surface area contributed by atoms with Crippen LogP contribution in [0.2, 0.25) is 0 Å². The van der Waals surface area contributed by atoms with Gasteiger partial charge in [-0.1, -0.05) is 30.3 Å². The summed E-state index contributed by atoms with van der Waals surface area (Å²) in [6.07, 6.45) is 3.50. The average molecular weight is 496 g/mol. The van der Waals surface area contributed by atoms with E-state index in [4.69, 9.17) is 0 Å². The fourth-order valence-electron chi connectivity index (χ4n) is 4.21. The molecule has 0 aliphatic heterocycles. The first-order valence-electron chi connectivity index (χ1n) is 11.3. The smallest absolute Gasteiger partial charge is 0.203 e. The van der Waals surface area contributed by atoms with Crippen LogP contribution in [0.3, 0.4) is 0 Å². The first-order chi connectivity index (χ1) is 17.6. The number of fused-ring (bicyclic) bond motifs is 3. The molecule has 36 heavy (non-hydrogen) atoms. The van der Waals surface area contributed by atoms with Crippen molar-refractivity contribution in [3.05, 3.63) is 113 Å². The first kappa shape index (κ1) is 22.1. The van der Waals surface area contributed by atoms with E-state index in [-0.39, 0.29) is 11.6 Å². The Hall–Kier alpha value is -4.43. The third-order valence-electron chi connectivity index (χ3n) is 5.94. The first-order valence-corrected chi connectivity index (χ1v) is 12.1. The van der Waals surface area contributed by atoms with Crippen LogP contribution in [0.1, 0.15) is 11.3 Å². The molecule has 8 heteroatoms. The van der Waals surface area contributed by atoms with E-state index >= 15 is 0 Å². The summed E-state index contributed by atoms with van der Waals surface area (Å²) in [4.78, 5) is 9.09. The van der Waals surface area contributed by atoms with Crippen molar-refractivity contribution < 1.29 is 8.78 Å². The van der Waals surface area contributed by atoms with E-state index in [0.29, 0.717) is 17.4 Å². The normalized spacial score (nSPS) is 11.6. The second-order valence-electron chi connectivity index (χ2n) is 8.27. The highest BCUT2D eigenvalue weighted by Crippen LogP contribution is 2.30. The number of hydrazone groups is 1. The summed E-state index contributed by atoms with van der Waals surface area (Å²) in [5, 5.41) is 9.01. The van der Waals surface area contributed by atoms with Crippen LogP contribution in [0, 0.1) is 11.6 Å². The number of anilines is 1. The third-order valence-corrected chi connectivity index (χ3v) is 6.68. The number of benzene rings is 3. The summed E-state index contributed by atoms with van der Waals surface area (Å²) >= 11 is 1.42. The van der Waals surface area contributed by atoms with E-state index in [0.717, 1.165) is 38.6 Å². The van der Waals surface area contributed by atoms with Crippen molar-refractivity contribution in [3.63, 3.8) is 0 Å². The highest BCUT2D eigenvalue weighted by Gasteiger charge is 2.12. The lowest BCUT2D eigenvalue weighted by Crippen LogP contribution is -2.00. The number of hydrogen-bond donors (Lipinski definition) is 1. The monoisotopic (exact) mass is 495 g/mol. The molecule has 0 atom stereocenters. The van der Waals surface area contributed by atoms with E-state index in [1.54, 1.807) is 30.5 Å². The molecule has 0 fully saturated rings. The lowest BCUT2D eigenvalue weighted by molar-refractivity contribution is 0.626. The van der Waals surface area contributed by atoms with Crippen molar-refractivity contribution in [2.45, 2.75) is 6.54 Å². The van der Waals surface area contributed by atoms with Crippen LogP contribution in [0.25, 0.3) is 33.1 Å². The number of rotatable bonds is 6. The zero-order chi connectivity index (χ0) is 24.5. The molecule has 0 radical (unpaired) electrons. The van der Waals surface area contributed by atoms with Gasteiger partial charge in [-0.05, 0) is 54.1 Å². The fraction of sp³-hybridized carbons (Fsp3) is 0.0357. The van der Waals surface area contributed by atoms with Crippen molar-refractivity contribution in [3.8, 4) is 11.3 Å². The number of halogens is 2. The number of para-hydroxylation sites is 1. The molecule has 0 spiro atoms. The molecule has 3 aromatic heterocycles. The number of nitrogens with one attached hydrogen (secondary N) is 1. The number of pyridine rings is 1. The second-order valence-corrected chi connectivity index (χ2v) is 9.13. The number of thiazole rings is 1. The molecule has 0 saturated heterocycles. The van der Waals surface area contributed by atoms with Crippen LogP contribution >= 0.6 is 11.3 Å². The minimum atomic E-state index is -0.278. The summed E-state index contributed by atoms with van der Waals surface area (Å²) in [5.74, 6) is -0.524. The van der Waals surface area contributed by atoms with Crippen LogP contribution in [-0.4, -0.2) is 20.7 Å². The summed E-state index contributed by atoms with van der Waals surface area (Å²) < 4.78 is 28.7. The van der Waals surface area contributed by atoms with Crippen LogP contribution in [0.4, 0.5) is 13.9 Å². The van der Waals surface area contributed by atoms with Crippen molar-refractivity contribution >= 4 is 44.5 Å². The third kappa shape index (κ3) is 4.34. The van der Waals surface area contributed by atoms with E-state index in [1.807, 2.05) is 29.8 Å². The van der Waals surface area contributed by atoms with E-state index < -0.39 is 0 Å². The van der Waals surface area contributed by atoms with Gasteiger partial charge in [-0.2, -0.15) is 5.10 Å². The van der Waals surface area contributed by atoms with Gasteiger partial charge in [0.05, 0.1) is 29.3 Å². The largest absolute Gasteiger partial charge is 0.335 e. The van der Waals surface area contributed by atoms with Gasteiger partial charge < -0.3 is 4.57 Å². The van der Waals surface area contributed by atoms with Gasteiger partial charge in [0.2, 0.25) is 5.13 Å². The minimum Gasteiger partial charge on any atom is -0.335 e. The molecule has 6 rings (SSSR count). The molecular formula is C28H19F2N5S. The molecule has 3 aromatic carbocycles. The SMILES string of the molecule is Fc1ccc(Cn2c3ccccc3c3cc(/C=N/Nc4nc(-c5ccc(F)cc5)cs4)ncc32)cc1. The standard InChI is InChI=1S/C28H19F2N5S/c29-20-9-5-18(6-10-20)16-35-26-4-2-1-3-23(26)24-13-22(31-15-27(24)35)14-32-34-28-33-25(17-36-28)19-7-11-21(30)12-8-19/h1-15,17H,16H2,(H,33,34)/b32-14+. The molecule has 0 saturated carbocycles. The van der Waals surface area contributed by atoms with Crippen LogP contribution in [0.5, 0.6) is 0 Å². The van der Waals surface area contributed by atoms with Crippen LogP contribution in [-0.2, 0) is 6.54 Å². The van der Waals surface area contributed by atoms with Crippen LogP contribution in [0.15, 0.2) is 95.5 Å². The summed E-state index contributed by atoms with van der Waals surface area (Å²) in [6.45, 7) is 0.613. The van der Waals surface area contributed by atoms with Crippen molar-refractivity contribution in [2.75, 3.05) is 5.43 Å². The maximum atomic E-state index is 13.4. The van der Waals surface area contributed by atoms with Gasteiger partial charge in [0.1, 0.15) is 11.6 Å². The second kappa shape index (κ2) is 9.31. The molecule has 6 aromatic rings. The summed E-state index contributed by atoms with van der Waals surface area (Å²) in [5.41, 5.74) is 8.34. The molecule has 0 bridgehead atoms. The fourth-order valence-corrected chi connectivity index (χ4v) is 4.88. The minimum absolute atomic E-state index is 0.246. The predicted molar refractivity (Wildman–Crippen MR) is 141 cm³/mol. The summed E-state index contributed by atoms with van der Waals surface area (Å²) in [6, 6.07) is 23.0. The Labute approximate surface area is 209 Å². The molecule has 0 unspecified atom stereocenters. The van der Waals surface area contributed by atoms with Gasteiger partial charge in [0.15, 0.2) is 0 Å². The molecule has 0 amide bonds. The van der Waals surface area contributed by atoms with Gasteiger partial charge in [0, 0.05) is 33.8 Å². The highest BCUT2D eigenvalue weighted by molar-refractivity contribution is 7.14. The van der Waals surface area contributed by atoms with E-state index in [2.05, 4.69) is 37.2 Å². The Kier molecular flexibility index (Phi) is 5.71. The van der Waals surface area contributed by atoms with E-state index in [1.165, 1.54) is 35.6 Å². The van der Waals surface area contributed by atoms with Gasteiger partial charge in [0.25, 0.3) is 0 Å². The molecule has 0 aliphatic rings. The van der Waals surface area contributed by atoms with Gasteiger partial charge in [-0.25, -0.2) is 13.8 Å². The number of hydrogen-bond acceptors (Lipinski definition) is 5. The zero-order valence-corrected chi connectivity index (χ0v) is 19.7. The van der Waals surface area contributed by atoms with Gasteiger partial charge >= 0.3 is 0 Å². The van der Waals surface area contributed by atoms with Crippen molar-refractivity contribution in [1.82, 2.24) is 14.5 Å². The molecule has 0 aliphatic carbocycles. The number of aromatic nitrogens is 3. The maximum absolute atomic E-state index is 13.4. The maximum Gasteiger partial charge on any atom is 0.203 e. The van der Waals surface area contributed by atoms with Gasteiger partial charge in [-0.15, -0.1) is 11.3 Å². The Morgan fingerprint density at radius 1 is 0.889 bits per heavy atom.